The molecular formula is C14H23BrN2S. The van der Waals surface area contributed by atoms with E-state index < -0.39 is 0 Å². The molecule has 2 N–H and O–H groups in total. The first-order valence-corrected chi connectivity index (χ1v) is 8.52. The summed E-state index contributed by atoms with van der Waals surface area (Å²) in [6.45, 7) is 6.92. The van der Waals surface area contributed by atoms with Crippen LogP contribution in [0, 0.1) is 5.92 Å². The lowest BCUT2D eigenvalue weighted by Gasteiger charge is -2.39. The normalized spacial score (nSPS) is 22.0. The molecule has 0 spiro atoms. The maximum atomic E-state index is 6.37. The number of hydrogen-bond acceptors (Lipinski definition) is 3. The zero-order chi connectivity index (χ0) is 13.1. The van der Waals surface area contributed by atoms with E-state index in [-0.39, 0.29) is 6.04 Å². The molecule has 0 amide bonds. The van der Waals surface area contributed by atoms with Crippen molar-refractivity contribution in [3.63, 3.8) is 0 Å². The van der Waals surface area contributed by atoms with E-state index in [1.54, 1.807) is 0 Å². The van der Waals surface area contributed by atoms with Crippen molar-refractivity contribution in [3.8, 4) is 0 Å². The Kier molecular flexibility index (Phi) is 5.24. The second-order valence-electron chi connectivity index (χ2n) is 5.40. The summed E-state index contributed by atoms with van der Waals surface area (Å²) in [4.78, 5) is 4.00. The van der Waals surface area contributed by atoms with Crippen LogP contribution < -0.4 is 5.73 Å². The fourth-order valence-corrected chi connectivity index (χ4v) is 4.33. The third kappa shape index (κ3) is 3.35. The fourth-order valence-electron chi connectivity index (χ4n) is 2.68. The first kappa shape index (κ1) is 14.5. The number of rotatable bonds is 4. The predicted octanol–water partition coefficient (Wildman–Crippen LogP) is 4.02. The van der Waals surface area contributed by atoms with Crippen molar-refractivity contribution in [2.24, 2.45) is 11.7 Å². The Morgan fingerprint density at radius 1 is 1.50 bits per heavy atom. The van der Waals surface area contributed by atoms with Crippen molar-refractivity contribution in [1.82, 2.24) is 4.90 Å². The highest BCUT2D eigenvalue weighted by molar-refractivity contribution is 9.10. The average molecular weight is 331 g/mol. The van der Waals surface area contributed by atoms with E-state index in [4.69, 9.17) is 5.73 Å². The number of halogens is 1. The molecule has 0 saturated carbocycles. The van der Waals surface area contributed by atoms with Gasteiger partial charge in [-0.1, -0.05) is 13.8 Å². The predicted molar refractivity (Wildman–Crippen MR) is 83.0 cm³/mol. The van der Waals surface area contributed by atoms with E-state index in [1.165, 1.54) is 35.3 Å². The lowest BCUT2D eigenvalue weighted by atomic mass is 9.95. The van der Waals surface area contributed by atoms with Crippen LogP contribution in [0.3, 0.4) is 0 Å². The number of nitrogens with zero attached hydrogens (tertiary/aromatic N) is 1. The molecule has 1 aromatic heterocycles. The minimum atomic E-state index is 0.240. The first-order chi connectivity index (χ1) is 8.61. The molecule has 2 heterocycles. The number of thiophene rings is 1. The van der Waals surface area contributed by atoms with Gasteiger partial charge in [-0.05, 0) is 60.3 Å². The van der Waals surface area contributed by atoms with Crippen LogP contribution in [-0.2, 0) is 0 Å². The second-order valence-corrected chi connectivity index (χ2v) is 7.26. The zero-order valence-corrected chi connectivity index (χ0v) is 13.6. The Hall–Kier alpha value is 0.1000. The Morgan fingerprint density at radius 2 is 2.17 bits per heavy atom. The average Bonchev–Trinajstić information content (AvgIpc) is 2.78. The molecule has 102 valence electrons. The molecule has 1 aliphatic heterocycles. The van der Waals surface area contributed by atoms with Gasteiger partial charge >= 0.3 is 0 Å². The number of likely N-dealkylation sites (tertiary alicyclic amines) is 1. The van der Waals surface area contributed by atoms with Crippen LogP contribution in [0.2, 0.25) is 0 Å². The van der Waals surface area contributed by atoms with Crippen molar-refractivity contribution in [1.29, 1.82) is 0 Å². The summed E-state index contributed by atoms with van der Waals surface area (Å²) in [6.07, 6.45) is 3.64. The van der Waals surface area contributed by atoms with E-state index >= 15 is 0 Å². The smallest absolute Gasteiger partial charge is 0.0593 e. The minimum absolute atomic E-state index is 0.240. The summed E-state index contributed by atoms with van der Waals surface area (Å²) >= 11 is 5.38. The van der Waals surface area contributed by atoms with Gasteiger partial charge in [0.05, 0.1) is 6.04 Å². The van der Waals surface area contributed by atoms with Gasteiger partial charge in [0.25, 0.3) is 0 Å². The van der Waals surface area contributed by atoms with Gasteiger partial charge in [-0.2, -0.15) is 0 Å². The monoisotopic (exact) mass is 330 g/mol. The van der Waals surface area contributed by atoms with E-state index in [0.29, 0.717) is 6.04 Å². The Morgan fingerprint density at radius 3 is 2.67 bits per heavy atom. The van der Waals surface area contributed by atoms with Crippen molar-refractivity contribution in [2.45, 2.75) is 45.2 Å². The van der Waals surface area contributed by atoms with Crippen molar-refractivity contribution in [3.05, 3.63) is 20.8 Å². The summed E-state index contributed by atoms with van der Waals surface area (Å²) in [5.41, 5.74) is 6.37. The molecule has 2 unspecified atom stereocenters. The van der Waals surface area contributed by atoms with Gasteiger partial charge in [-0.15, -0.1) is 11.3 Å². The molecular weight excluding hydrogens is 308 g/mol. The van der Waals surface area contributed by atoms with E-state index in [1.807, 2.05) is 11.3 Å². The molecule has 1 saturated heterocycles. The fraction of sp³-hybridized carbons (Fsp3) is 0.714. The molecule has 2 atom stereocenters. The summed E-state index contributed by atoms with van der Waals surface area (Å²) in [5.74, 6) is 0.870. The molecule has 0 aliphatic carbocycles. The molecule has 0 bridgehead atoms. The topological polar surface area (TPSA) is 29.3 Å². The van der Waals surface area contributed by atoms with Gasteiger partial charge in [0.1, 0.15) is 0 Å². The highest BCUT2D eigenvalue weighted by Gasteiger charge is 2.29. The molecule has 18 heavy (non-hydrogen) atoms. The summed E-state index contributed by atoms with van der Waals surface area (Å²) in [7, 11) is 0. The quantitative estimate of drug-likeness (QED) is 0.903. The molecule has 0 aromatic carbocycles. The van der Waals surface area contributed by atoms with Gasteiger partial charge in [0.2, 0.25) is 0 Å². The molecule has 1 aromatic rings. The zero-order valence-electron chi connectivity index (χ0n) is 11.2. The Labute approximate surface area is 123 Å². The van der Waals surface area contributed by atoms with Crippen LogP contribution in [0.1, 0.15) is 44.0 Å². The van der Waals surface area contributed by atoms with Crippen LogP contribution in [0.4, 0.5) is 0 Å². The van der Waals surface area contributed by atoms with Gasteiger partial charge in [-0.3, -0.25) is 4.90 Å². The summed E-state index contributed by atoms with van der Waals surface area (Å²) < 4.78 is 1.18. The number of piperidine rings is 1. The minimum Gasteiger partial charge on any atom is -0.326 e. The van der Waals surface area contributed by atoms with Crippen molar-refractivity contribution in [2.75, 3.05) is 13.1 Å². The van der Waals surface area contributed by atoms with Gasteiger partial charge in [-0.25, -0.2) is 0 Å². The summed E-state index contributed by atoms with van der Waals surface area (Å²) in [6, 6.07) is 2.88. The first-order valence-electron chi connectivity index (χ1n) is 6.85. The molecule has 4 heteroatoms. The molecule has 2 nitrogen and oxygen atoms in total. The molecule has 0 radical (unpaired) electrons. The Balaban J connectivity index is 2.15. The van der Waals surface area contributed by atoms with Gasteiger partial charge in [0, 0.05) is 20.8 Å². The third-order valence-corrected chi connectivity index (χ3v) is 5.73. The van der Waals surface area contributed by atoms with Crippen molar-refractivity contribution < 1.29 is 0 Å². The van der Waals surface area contributed by atoms with Gasteiger partial charge < -0.3 is 5.73 Å². The number of hydrogen-bond donors (Lipinski definition) is 1. The SMILES string of the molecule is CCC(N)C(c1cc(Br)cs1)N1CCC(C)CC1. The van der Waals surface area contributed by atoms with E-state index in [9.17, 15) is 0 Å². The van der Waals surface area contributed by atoms with Gasteiger partial charge in [0.15, 0.2) is 0 Å². The maximum absolute atomic E-state index is 6.37. The molecule has 2 rings (SSSR count). The van der Waals surface area contributed by atoms with Crippen LogP contribution in [0.25, 0.3) is 0 Å². The maximum Gasteiger partial charge on any atom is 0.0593 e. The third-order valence-electron chi connectivity index (χ3n) is 3.97. The van der Waals surface area contributed by atoms with Crippen LogP contribution >= 0.6 is 27.3 Å². The van der Waals surface area contributed by atoms with Crippen LogP contribution in [0.15, 0.2) is 15.9 Å². The number of nitrogens with two attached hydrogens (primary N) is 1. The van der Waals surface area contributed by atoms with E-state index in [0.717, 1.165) is 12.3 Å². The largest absolute Gasteiger partial charge is 0.326 e. The summed E-state index contributed by atoms with van der Waals surface area (Å²) in [5, 5.41) is 2.16. The molecule has 1 aliphatic rings. The molecule has 1 fully saturated rings. The Bertz CT molecular complexity index is 372. The van der Waals surface area contributed by atoms with Crippen molar-refractivity contribution >= 4 is 27.3 Å². The highest BCUT2D eigenvalue weighted by Crippen LogP contribution is 2.34. The lowest BCUT2D eigenvalue weighted by molar-refractivity contribution is 0.121. The standard InChI is InChI=1S/C14H23BrN2S/c1-3-12(16)14(13-8-11(15)9-18-13)17-6-4-10(2)5-7-17/h8-10,12,14H,3-7,16H2,1-2H3. The van der Waals surface area contributed by atoms with E-state index in [2.05, 4.69) is 46.1 Å². The lowest BCUT2D eigenvalue weighted by Crippen LogP contribution is -2.44. The highest BCUT2D eigenvalue weighted by atomic mass is 79.9. The van der Waals surface area contributed by atoms with Crippen LogP contribution in [0.5, 0.6) is 0 Å². The van der Waals surface area contributed by atoms with Crippen LogP contribution in [-0.4, -0.2) is 24.0 Å². The second kappa shape index (κ2) is 6.51.